The second kappa shape index (κ2) is 3.52. The van der Waals surface area contributed by atoms with Gasteiger partial charge in [0.15, 0.2) is 0 Å². The van der Waals surface area contributed by atoms with Gasteiger partial charge in [0.05, 0.1) is 7.11 Å². The average Bonchev–Trinajstić information content (AvgIpc) is 2.03. The molecule has 0 aromatic heterocycles. The molecule has 1 aromatic rings. The first-order valence-electron chi connectivity index (χ1n) is 3.75. The summed E-state index contributed by atoms with van der Waals surface area (Å²) in [4.78, 5) is 1.98. The van der Waals surface area contributed by atoms with Crippen molar-refractivity contribution in [1.82, 2.24) is 0 Å². The first-order chi connectivity index (χ1) is 5.63. The van der Waals surface area contributed by atoms with Gasteiger partial charge in [-0.05, 0) is 12.1 Å². The molecule has 62 valence electrons. The largest absolute Gasteiger partial charge is 0.497 e. The van der Waals surface area contributed by atoms with Gasteiger partial charge in [0.2, 0.25) is 0 Å². The van der Waals surface area contributed by atoms with Gasteiger partial charge in [-0.3, -0.25) is 0 Å². The molecule has 0 spiro atoms. The summed E-state index contributed by atoms with van der Waals surface area (Å²) in [7, 11) is 11.2. The molecule has 0 aliphatic carbocycles. The Kier molecular flexibility index (Phi) is 2.63. The number of rotatable bonds is 2. The molecular formula is C9H12BNO. The molecule has 0 saturated carbocycles. The maximum atomic E-state index is 5.67. The molecule has 0 N–H and O–H groups in total. The van der Waals surface area contributed by atoms with Crippen LogP contribution in [0.1, 0.15) is 0 Å². The van der Waals surface area contributed by atoms with Crippen LogP contribution in [0.15, 0.2) is 18.2 Å². The summed E-state index contributed by atoms with van der Waals surface area (Å²) < 4.78 is 5.08. The van der Waals surface area contributed by atoms with E-state index in [1.54, 1.807) is 13.2 Å². The molecule has 12 heavy (non-hydrogen) atoms. The number of nitrogens with zero attached hydrogens (tertiary/aromatic N) is 1. The van der Waals surface area contributed by atoms with Gasteiger partial charge in [-0.25, -0.2) is 0 Å². The standard InChI is InChI=1S/C9H12BNO/c1-11(2)8-4-7(10)5-9(6-8)12-3/h4-6H,1-3H3. The van der Waals surface area contributed by atoms with Gasteiger partial charge in [0.25, 0.3) is 0 Å². The molecule has 0 aliphatic heterocycles. The smallest absolute Gasteiger partial charge is 0.120 e. The predicted octanol–water partition coefficient (Wildman–Crippen LogP) is 0.555. The second-order valence-electron chi connectivity index (χ2n) is 2.86. The summed E-state index contributed by atoms with van der Waals surface area (Å²) in [5, 5.41) is 0. The van der Waals surface area contributed by atoms with Crippen LogP contribution in [-0.4, -0.2) is 29.1 Å². The third-order valence-electron chi connectivity index (χ3n) is 1.67. The Bertz CT molecular complexity index is 273. The predicted molar refractivity (Wildman–Crippen MR) is 52.7 cm³/mol. The van der Waals surface area contributed by atoms with Crippen molar-refractivity contribution in [1.29, 1.82) is 0 Å². The van der Waals surface area contributed by atoms with E-state index in [0.717, 1.165) is 16.9 Å². The lowest BCUT2D eigenvalue weighted by atomic mass is 9.95. The fourth-order valence-corrected chi connectivity index (χ4v) is 0.982. The molecule has 0 atom stereocenters. The maximum Gasteiger partial charge on any atom is 0.120 e. The number of ether oxygens (including phenoxy) is 1. The topological polar surface area (TPSA) is 12.5 Å². The van der Waals surface area contributed by atoms with Gasteiger partial charge in [-0.2, -0.15) is 0 Å². The van der Waals surface area contributed by atoms with E-state index >= 15 is 0 Å². The van der Waals surface area contributed by atoms with E-state index in [-0.39, 0.29) is 0 Å². The highest BCUT2D eigenvalue weighted by Gasteiger charge is 1.98. The molecule has 2 nitrogen and oxygen atoms in total. The van der Waals surface area contributed by atoms with Crippen LogP contribution in [0.3, 0.4) is 0 Å². The quantitative estimate of drug-likeness (QED) is 0.587. The van der Waals surface area contributed by atoms with Crippen molar-refractivity contribution in [3.05, 3.63) is 18.2 Å². The number of methoxy groups -OCH3 is 1. The van der Waals surface area contributed by atoms with Crippen LogP contribution >= 0.6 is 0 Å². The van der Waals surface area contributed by atoms with E-state index in [0.29, 0.717) is 0 Å². The highest BCUT2D eigenvalue weighted by atomic mass is 16.5. The Hall–Kier alpha value is -1.12. The second-order valence-corrected chi connectivity index (χ2v) is 2.86. The van der Waals surface area contributed by atoms with E-state index in [1.807, 2.05) is 31.1 Å². The van der Waals surface area contributed by atoms with Gasteiger partial charge in [-0.15, -0.1) is 0 Å². The Morgan fingerprint density at radius 1 is 1.25 bits per heavy atom. The minimum atomic E-state index is 0.720. The minimum absolute atomic E-state index is 0.720. The zero-order valence-electron chi connectivity index (χ0n) is 7.66. The molecule has 0 amide bonds. The molecule has 3 heteroatoms. The summed E-state index contributed by atoms with van der Waals surface area (Å²) in [6.07, 6.45) is 0. The van der Waals surface area contributed by atoms with Crippen molar-refractivity contribution in [3.8, 4) is 5.75 Å². The van der Waals surface area contributed by atoms with Crippen LogP contribution in [0.2, 0.25) is 0 Å². The van der Waals surface area contributed by atoms with Gasteiger partial charge < -0.3 is 9.64 Å². The van der Waals surface area contributed by atoms with Crippen LogP contribution in [0.4, 0.5) is 5.69 Å². The molecule has 0 saturated heterocycles. The monoisotopic (exact) mass is 161 g/mol. The first-order valence-corrected chi connectivity index (χ1v) is 3.75. The summed E-state index contributed by atoms with van der Waals surface area (Å²) in [5.41, 5.74) is 1.77. The van der Waals surface area contributed by atoms with Gasteiger partial charge in [-0.1, -0.05) is 5.46 Å². The summed E-state index contributed by atoms with van der Waals surface area (Å²) in [6, 6.07) is 5.64. The highest BCUT2D eigenvalue weighted by molar-refractivity contribution is 6.32. The molecule has 0 aliphatic rings. The van der Waals surface area contributed by atoms with Gasteiger partial charge in [0, 0.05) is 25.8 Å². The van der Waals surface area contributed by atoms with Crippen LogP contribution in [0, 0.1) is 0 Å². The Balaban J connectivity index is 3.06. The van der Waals surface area contributed by atoms with E-state index in [2.05, 4.69) is 0 Å². The third kappa shape index (κ3) is 1.94. The molecule has 0 bridgehead atoms. The van der Waals surface area contributed by atoms with Crippen LogP contribution < -0.4 is 15.1 Å². The first kappa shape index (κ1) is 8.98. The SMILES string of the molecule is [B]c1cc(OC)cc(N(C)C)c1. The third-order valence-corrected chi connectivity index (χ3v) is 1.67. The van der Waals surface area contributed by atoms with Crippen LogP contribution in [0.25, 0.3) is 0 Å². The lowest BCUT2D eigenvalue weighted by molar-refractivity contribution is 0.415. The highest BCUT2D eigenvalue weighted by Crippen LogP contribution is 2.16. The van der Waals surface area contributed by atoms with Crippen LogP contribution in [0.5, 0.6) is 5.75 Å². The molecule has 0 fully saturated rings. The van der Waals surface area contributed by atoms with Crippen molar-refractivity contribution in [2.75, 3.05) is 26.1 Å². The number of anilines is 1. The molecule has 1 rings (SSSR count). The van der Waals surface area contributed by atoms with Crippen molar-refractivity contribution in [3.63, 3.8) is 0 Å². The number of hydrogen-bond acceptors (Lipinski definition) is 2. The van der Waals surface area contributed by atoms with E-state index in [9.17, 15) is 0 Å². The molecule has 2 radical (unpaired) electrons. The Labute approximate surface area is 74.6 Å². The summed E-state index contributed by atoms with van der Waals surface area (Å²) >= 11 is 0. The lowest BCUT2D eigenvalue weighted by Gasteiger charge is -2.14. The van der Waals surface area contributed by atoms with Gasteiger partial charge >= 0.3 is 0 Å². The zero-order valence-corrected chi connectivity index (χ0v) is 7.66. The summed E-state index contributed by atoms with van der Waals surface area (Å²) in [5.74, 6) is 0.790. The Morgan fingerprint density at radius 2 is 1.92 bits per heavy atom. The van der Waals surface area contributed by atoms with Crippen molar-refractivity contribution < 1.29 is 4.74 Å². The van der Waals surface area contributed by atoms with Gasteiger partial charge in [0.1, 0.15) is 13.6 Å². The summed E-state index contributed by atoms with van der Waals surface area (Å²) in [6.45, 7) is 0. The number of benzene rings is 1. The lowest BCUT2D eigenvalue weighted by Crippen LogP contribution is -2.12. The molecular weight excluding hydrogens is 149 g/mol. The van der Waals surface area contributed by atoms with Crippen LogP contribution in [-0.2, 0) is 0 Å². The van der Waals surface area contributed by atoms with Crippen molar-refractivity contribution in [2.24, 2.45) is 0 Å². The maximum absolute atomic E-state index is 5.67. The molecule has 1 aromatic carbocycles. The molecule has 0 unspecified atom stereocenters. The molecule has 0 heterocycles. The number of hydrogen-bond donors (Lipinski definition) is 0. The van der Waals surface area contributed by atoms with E-state index in [4.69, 9.17) is 12.6 Å². The minimum Gasteiger partial charge on any atom is -0.497 e. The fraction of sp³-hybridized carbons (Fsp3) is 0.333. The normalized spacial score (nSPS) is 9.58. The van der Waals surface area contributed by atoms with E-state index < -0.39 is 0 Å². The Morgan fingerprint density at radius 3 is 2.42 bits per heavy atom. The van der Waals surface area contributed by atoms with Crippen molar-refractivity contribution >= 4 is 19.0 Å². The fourth-order valence-electron chi connectivity index (χ4n) is 0.982. The van der Waals surface area contributed by atoms with Crippen molar-refractivity contribution in [2.45, 2.75) is 0 Å². The van der Waals surface area contributed by atoms with E-state index in [1.165, 1.54) is 0 Å². The average molecular weight is 161 g/mol. The zero-order chi connectivity index (χ0) is 9.14.